The van der Waals surface area contributed by atoms with Crippen LogP contribution in [0.2, 0.25) is 0 Å². The summed E-state index contributed by atoms with van der Waals surface area (Å²) in [6, 6.07) is 8.48. The summed E-state index contributed by atoms with van der Waals surface area (Å²) < 4.78 is 5.40. The van der Waals surface area contributed by atoms with Crippen molar-refractivity contribution in [1.29, 1.82) is 0 Å². The lowest BCUT2D eigenvalue weighted by atomic mass is 9.81. The molecule has 1 atom stereocenters. The molecular formula is C20H29NO. The van der Waals surface area contributed by atoms with Gasteiger partial charge in [-0.05, 0) is 62.5 Å². The largest absolute Gasteiger partial charge is 0.497 e. The van der Waals surface area contributed by atoms with Crippen LogP contribution < -0.4 is 4.74 Å². The second kappa shape index (κ2) is 8.19. The standard InChI is InChI=1S/C20H29NO/c1-5-6-8-16-11-12-18(15-21(2)3)20(13-16)17-9-7-10-19(14-17)22-4/h7-10,13-14,18H,5-6,11-12,15H2,1-4H3. The van der Waals surface area contributed by atoms with Crippen molar-refractivity contribution in [1.82, 2.24) is 4.90 Å². The second-order valence-corrected chi connectivity index (χ2v) is 6.40. The van der Waals surface area contributed by atoms with Crippen LogP contribution in [0.25, 0.3) is 5.57 Å². The minimum Gasteiger partial charge on any atom is -0.497 e. The van der Waals surface area contributed by atoms with Crippen LogP contribution in [0, 0.1) is 5.92 Å². The molecule has 0 amide bonds. The normalized spacial score (nSPS) is 20.3. The van der Waals surface area contributed by atoms with E-state index in [9.17, 15) is 0 Å². The van der Waals surface area contributed by atoms with Crippen molar-refractivity contribution in [3.8, 4) is 5.75 Å². The Morgan fingerprint density at radius 3 is 2.82 bits per heavy atom. The van der Waals surface area contributed by atoms with Crippen molar-refractivity contribution >= 4 is 5.57 Å². The molecule has 2 nitrogen and oxygen atoms in total. The molecule has 0 radical (unpaired) electrons. The third-order valence-corrected chi connectivity index (χ3v) is 4.25. The van der Waals surface area contributed by atoms with Gasteiger partial charge in [0.1, 0.15) is 5.75 Å². The number of unbranched alkanes of at least 4 members (excludes halogenated alkanes) is 1. The number of hydrogen-bond donors (Lipinski definition) is 0. The summed E-state index contributed by atoms with van der Waals surface area (Å²) in [7, 11) is 6.05. The van der Waals surface area contributed by atoms with Gasteiger partial charge in [0.2, 0.25) is 0 Å². The zero-order valence-corrected chi connectivity index (χ0v) is 14.4. The molecule has 0 N–H and O–H groups in total. The third kappa shape index (κ3) is 4.48. The highest BCUT2D eigenvalue weighted by molar-refractivity contribution is 5.72. The van der Waals surface area contributed by atoms with Crippen molar-refractivity contribution in [3.05, 3.63) is 47.6 Å². The van der Waals surface area contributed by atoms with E-state index < -0.39 is 0 Å². The van der Waals surface area contributed by atoms with E-state index in [0.717, 1.165) is 12.3 Å². The maximum Gasteiger partial charge on any atom is 0.119 e. The lowest BCUT2D eigenvalue weighted by Crippen LogP contribution is -2.24. The molecule has 0 spiro atoms. The molecule has 2 rings (SSSR count). The highest BCUT2D eigenvalue weighted by Crippen LogP contribution is 2.36. The highest BCUT2D eigenvalue weighted by Gasteiger charge is 2.22. The van der Waals surface area contributed by atoms with Gasteiger partial charge in [-0.2, -0.15) is 0 Å². The average molecular weight is 299 g/mol. The molecule has 0 heterocycles. The van der Waals surface area contributed by atoms with Crippen LogP contribution >= 0.6 is 0 Å². The van der Waals surface area contributed by atoms with Crippen LogP contribution in [0.5, 0.6) is 5.75 Å². The predicted molar refractivity (Wildman–Crippen MR) is 95.2 cm³/mol. The molecule has 0 saturated carbocycles. The molecule has 0 aromatic heterocycles. The molecule has 0 aliphatic heterocycles. The smallest absolute Gasteiger partial charge is 0.119 e. The van der Waals surface area contributed by atoms with Gasteiger partial charge in [0.15, 0.2) is 0 Å². The van der Waals surface area contributed by atoms with Gasteiger partial charge in [0.05, 0.1) is 7.11 Å². The van der Waals surface area contributed by atoms with E-state index in [0.29, 0.717) is 5.92 Å². The second-order valence-electron chi connectivity index (χ2n) is 6.40. The number of allylic oxidation sites excluding steroid dienone is 3. The fraction of sp³-hybridized carbons (Fsp3) is 0.500. The molecule has 120 valence electrons. The topological polar surface area (TPSA) is 12.5 Å². The van der Waals surface area contributed by atoms with Crippen molar-refractivity contribution in [2.75, 3.05) is 27.7 Å². The number of benzene rings is 1. The molecule has 0 saturated heterocycles. The Labute approximate surface area is 135 Å². The molecule has 1 aromatic rings. The number of ether oxygens (including phenoxy) is 1. The van der Waals surface area contributed by atoms with E-state index in [1.807, 2.05) is 6.07 Å². The molecule has 1 aliphatic carbocycles. The lowest BCUT2D eigenvalue weighted by molar-refractivity contribution is 0.352. The summed E-state index contributed by atoms with van der Waals surface area (Å²) in [5.74, 6) is 1.53. The van der Waals surface area contributed by atoms with Crippen LogP contribution in [-0.4, -0.2) is 32.6 Å². The summed E-state index contributed by atoms with van der Waals surface area (Å²) in [4.78, 5) is 2.29. The van der Waals surface area contributed by atoms with Crippen LogP contribution in [0.3, 0.4) is 0 Å². The van der Waals surface area contributed by atoms with E-state index in [4.69, 9.17) is 4.74 Å². The number of rotatable bonds is 6. The van der Waals surface area contributed by atoms with Gasteiger partial charge in [0.25, 0.3) is 0 Å². The molecular weight excluding hydrogens is 270 g/mol. The van der Waals surface area contributed by atoms with Crippen molar-refractivity contribution in [2.24, 2.45) is 5.92 Å². The van der Waals surface area contributed by atoms with Gasteiger partial charge in [-0.15, -0.1) is 0 Å². The molecule has 1 unspecified atom stereocenters. The Morgan fingerprint density at radius 2 is 2.14 bits per heavy atom. The van der Waals surface area contributed by atoms with Gasteiger partial charge in [-0.1, -0.05) is 43.2 Å². The number of nitrogens with zero attached hydrogens (tertiary/aromatic N) is 1. The SMILES string of the molecule is CCCC=C1C=C(c2cccc(OC)c2)C(CN(C)C)CC1. The Kier molecular flexibility index (Phi) is 6.26. The molecule has 22 heavy (non-hydrogen) atoms. The summed E-state index contributed by atoms with van der Waals surface area (Å²) in [5.41, 5.74) is 4.25. The molecule has 0 fully saturated rings. The van der Waals surface area contributed by atoms with Crippen LogP contribution in [0.4, 0.5) is 0 Å². The lowest BCUT2D eigenvalue weighted by Gasteiger charge is -2.28. The zero-order valence-electron chi connectivity index (χ0n) is 14.4. The van der Waals surface area contributed by atoms with E-state index in [2.05, 4.69) is 56.3 Å². The van der Waals surface area contributed by atoms with Crippen LogP contribution in [0.1, 0.15) is 38.2 Å². The Balaban J connectivity index is 2.34. The van der Waals surface area contributed by atoms with E-state index in [1.54, 1.807) is 7.11 Å². The molecule has 1 aromatic carbocycles. The van der Waals surface area contributed by atoms with Crippen molar-refractivity contribution < 1.29 is 4.74 Å². The summed E-state index contributed by atoms with van der Waals surface area (Å²) >= 11 is 0. The van der Waals surface area contributed by atoms with Gasteiger partial charge in [-0.25, -0.2) is 0 Å². The highest BCUT2D eigenvalue weighted by atomic mass is 16.5. The Hall–Kier alpha value is -1.54. The first-order chi connectivity index (χ1) is 10.6. The number of methoxy groups -OCH3 is 1. The summed E-state index contributed by atoms with van der Waals surface area (Å²) in [6.07, 6.45) is 9.65. The number of hydrogen-bond acceptors (Lipinski definition) is 2. The van der Waals surface area contributed by atoms with Gasteiger partial charge < -0.3 is 9.64 Å². The quantitative estimate of drug-likeness (QED) is 0.749. The Bertz CT molecular complexity index is 542. The first-order valence-corrected chi connectivity index (χ1v) is 8.33. The fourth-order valence-electron chi connectivity index (χ4n) is 3.13. The first-order valence-electron chi connectivity index (χ1n) is 8.33. The molecule has 2 heteroatoms. The van der Waals surface area contributed by atoms with Gasteiger partial charge in [0, 0.05) is 6.54 Å². The Morgan fingerprint density at radius 1 is 1.32 bits per heavy atom. The summed E-state index contributed by atoms with van der Waals surface area (Å²) in [6.45, 7) is 3.34. The van der Waals surface area contributed by atoms with Crippen molar-refractivity contribution in [3.63, 3.8) is 0 Å². The fourth-order valence-corrected chi connectivity index (χ4v) is 3.13. The maximum atomic E-state index is 5.40. The van der Waals surface area contributed by atoms with Crippen molar-refractivity contribution in [2.45, 2.75) is 32.6 Å². The molecule has 0 bridgehead atoms. The maximum absolute atomic E-state index is 5.40. The predicted octanol–water partition coefficient (Wildman–Crippen LogP) is 4.78. The monoisotopic (exact) mass is 299 g/mol. The minimum atomic E-state index is 0.598. The van der Waals surface area contributed by atoms with Crippen LogP contribution in [0.15, 0.2) is 42.0 Å². The average Bonchev–Trinajstić information content (AvgIpc) is 2.53. The van der Waals surface area contributed by atoms with Gasteiger partial charge in [-0.3, -0.25) is 0 Å². The summed E-state index contributed by atoms with van der Waals surface area (Å²) in [5, 5.41) is 0. The minimum absolute atomic E-state index is 0.598. The van der Waals surface area contributed by atoms with Gasteiger partial charge >= 0.3 is 0 Å². The van der Waals surface area contributed by atoms with E-state index in [1.165, 1.54) is 42.4 Å². The molecule has 1 aliphatic rings. The van der Waals surface area contributed by atoms with E-state index >= 15 is 0 Å². The zero-order chi connectivity index (χ0) is 15.9. The first kappa shape index (κ1) is 16.8. The van der Waals surface area contributed by atoms with E-state index in [-0.39, 0.29) is 0 Å². The van der Waals surface area contributed by atoms with Crippen LogP contribution in [-0.2, 0) is 0 Å². The third-order valence-electron chi connectivity index (χ3n) is 4.25.